The molecule has 0 aliphatic carbocycles. The second kappa shape index (κ2) is 13.7. The molecular weight excluding hydrogens is 532 g/mol. The van der Waals surface area contributed by atoms with Gasteiger partial charge in [-0.15, -0.1) is 23.2 Å². The summed E-state index contributed by atoms with van der Waals surface area (Å²) >= 11 is 14.2. The number of nitrogens with zero attached hydrogens (tertiary/aromatic N) is 1. The maximum Gasteiger partial charge on any atom is 0.418 e. The summed E-state index contributed by atoms with van der Waals surface area (Å²) < 4.78 is 39.1. The lowest BCUT2D eigenvalue weighted by atomic mass is 10.0. The Balaban J connectivity index is 0.000000343. The van der Waals surface area contributed by atoms with E-state index in [0.29, 0.717) is 18.4 Å². The van der Waals surface area contributed by atoms with Crippen molar-refractivity contribution in [1.82, 2.24) is 0 Å². The molecular formula is C22H24BrCl2F3N2O2. The molecule has 0 aliphatic rings. The summed E-state index contributed by atoms with van der Waals surface area (Å²) in [6.45, 7) is 3.61. The quantitative estimate of drug-likeness (QED) is 0.300. The van der Waals surface area contributed by atoms with E-state index in [0.717, 1.165) is 16.7 Å². The number of carbonyl (C=O) groups excluding carboxylic acids is 2. The van der Waals surface area contributed by atoms with Gasteiger partial charge in [0.2, 0.25) is 11.8 Å². The van der Waals surface area contributed by atoms with Gasteiger partial charge in [-0.1, -0.05) is 60.1 Å². The lowest BCUT2D eigenvalue weighted by molar-refractivity contribution is -0.137. The number of carbonyl (C=O) groups is 2. The predicted octanol–water partition coefficient (Wildman–Crippen LogP) is 6.83. The fourth-order valence-electron chi connectivity index (χ4n) is 2.67. The largest absolute Gasteiger partial charge is 0.418 e. The number of alkyl halides is 6. The zero-order valence-corrected chi connectivity index (χ0v) is 20.7. The third-order valence-electron chi connectivity index (χ3n) is 4.29. The van der Waals surface area contributed by atoms with Crippen molar-refractivity contribution in [3.63, 3.8) is 0 Å². The van der Waals surface area contributed by atoms with Gasteiger partial charge in [0.1, 0.15) is 11.3 Å². The van der Waals surface area contributed by atoms with Crippen LogP contribution in [0.2, 0.25) is 0 Å². The van der Waals surface area contributed by atoms with E-state index in [-0.39, 0.29) is 22.9 Å². The molecule has 2 rings (SSSR count). The molecule has 0 radical (unpaired) electrons. The standard InChI is InChI=1S/C12H12BrClF3NO.C10H12ClNO/c1-2-8-4-3-5-9(12(15,16)17)11(8)18(7-13)10(19)6-14;1-2-9(11)10(13)12-8-6-4-3-5-7-8/h3-5H,2,6-7H2,1H3;3-7,9H,2H2,1H3,(H,12,13). The normalized spacial score (nSPS) is 11.8. The molecule has 0 spiro atoms. The molecule has 0 aliphatic heterocycles. The number of amides is 2. The van der Waals surface area contributed by atoms with Crippen molar-refractivity contribution < 1.29 is 22.8 Å². The van der Waals surface area contributed by atoms with Crippen LogP contribution in [0.5, 0.6) is 0 Å². The molecule has 2 aromatic carbocycles. The Morgan fingerprint density at radius 2 is 1.72 bits per heavy atom. The second-order valence-corrected chi connectivity index (χ2v) is 7.77. The molecule has 2 aromatic rings. The number of nitrogens with one attached hydrogen (secondary N) is 1. The Bertz CT molecular complexity index is 883. The van der Waals surface area contributed by atoms with E-state index in [1.807, 2.05) is 37.3 Å². The van der Waals surface area contributed by atoms with Crippen molar-refractivity contribution in [3.8, 4) is 0 Å². The van der Waals surface area contributed by atoms with E-state index in [1.54, 1.807) is 13.0 Å². The fraction of sp³-hybridized carbons (Fsp3) is 0.364. The summed E-state index contributed by atoms with van der Waals surface area (Å²) in [5, 5.41) is 2.28. The van der Waals surface area contributed by atoms with Gasteiger partial charge < -0.3 is 10.2 Å². The molecule has 10 heteroatoms. The monoisotopic (exact) mass is 554 g/mol. The molecule has 0 fully saturated rings. The molecule has 0 saturated heterocycles. The number of anilines is 2. The summed E-state index contributed by atoms with van der Waals surface area (Å²) in [5.74, 6) is -1.10. The first-order valence-electron chi connectivity index (χ1n) is 9.71. The van der Waals surface area contributed by atoms with Gasteiger partial charge in [0.05, 0.1) is 16.7 Å². The fourth-order valence-corrected chi connectivity index (χ4v) is 3.40. The molecule has 0 aromatic heterocycles. The van der Waals surface area contributed by atoms with Crippen LogP contribution in [-0.4, -0.2) is 28.5 Å². The highest BCUT2D eigenvalue weighted by Crippen LogP contribution is 2.39. The van der Waals surface area contributed by atoms with Crippen LogP contribution in [0.3, 0.4) is 0 Å². The van der Waals surface area contributed by atoms with Gasteiger partial charge in [-0.25, -0.2) is 0 Å². The first kappa shape index (κ1) is 28.3. The number of halogens is 6. The first-order valence-corrected chi connectivity index (χ1v) is 11.8. The maximum absolute atomic E-state index is 13.0. The van der Waals surface area contributed by atoms with Gasteiger partial charge in [0.25, 0.3) is 0 Å². The minimum Gasteiger partial charge on any atom is -0.325 e. The Hall–Kier alpha value is -1.77. The molecule has 2 amide bonds. The lowest BCUT2D eigenvalue weighted by Gasteiger charge is -2.26. The average Bonchev–Trinajstić information content (AvgIpc) is 2.79. The predicted molar refractivity (Wildman–Crippen MR) is 128 cm³/mol. The molecule has 4 nitrogen and oxygen atoms in total. The van der Waals surface area contributed by atoms with Crippen LogP contribution < -0.4 is 10.2 Å². The molecule has 0 saturated carbocycles. The Labute approximate surface area is 204 Å². The summed E-state index contributed by atoms with van der Waals surface area (Å²) in [7, 11) is 0. The van der Waals surface area contributed by atoms with Gasteiger partial charge in [-0.3, -0.25) is 9.59 Å². The van der Waals surface area contributed by atoms with Crippen LogP contribution in [-0.2, 0) is 22.2 Å². The van der Waals surface area contributed by atoms with E-state index >= 15 is 0 Å². The Morgan fingerprint density at radius 3 is 2.19 bits per heavy atom. The van der Waals surface area contributed by atoms with Crippen molar-refractivity contribution in [2.24, 2.45) is 0 Å². The molecule has 32 heavy (non-hydrogen) atoms. The SMILES string of the molecule is CCC(Cl)C(=O)Nc1ccccc1.CCc1cccc(C(F)(F)F)c1N(CBr)C(=O)CCl. The number of benzene rings is 2. The lowest BCUT2D eigenvalue weighted by Crippen LogP contribution is -2.33. The molecule has 1 N–H and O–H groups in total. The van der Waals surface area contributed by atoms with E-state index in [2.05, 4.69) is 21.2 Å². The number of aryl methyl sites for hydroxylation is 1. The van der Waals surface area contributed by atoms with E-state index in [1.165, 1.54) is 6.07 Å². The Kier molecular flexibility index (Phi) is 12.1. The van der Waals surface area contributed by atoms with Crippen LogP contribution in [0.25, 0.3) is 0 Å². The number of hydrogen-bond acceptors (Lipinski definition) is 2. The van der Waals surface area contributed by atoms with Gasteiger partial charge in [-0.2, -0.15) is 13.2 Å². The highest BCUT2D eigenvalue weighted by atomic mass is 79.9. The van der Waals surface area contributed by atoms with Crippen molar-refractivity contribution in [1.29, 1.82) is 0 Å². The highest BCUT2D eigenvalue weighted by Gasteiger charge is 2.36. The summed E-state index contributed by atoms with van der Waals surface area (Å²) in [6.07, 6.45) is -3.49. The van der Waals surface area contributed by atoms with Gasteiger partial charge in [0.15, 0.2) is 0 Å². The highest BCUT2D eigenvalue weighted by molar-refractivity contribution is 9.09. The van der Waals surface area contributed by atoms with Crippen LogP contribution in [0.4, 0.5) is 24.5 Å². The molecule has 0 heterocycles. The maximum atomic E-state index is 13.0. The first-order chi connectivity index (χ1) is 15.1. The van der Waals surface area contributed by atoms with Gasteiger partial charge in [0, 0.05) is 5.69 Å². The van der Waals surface area contributed by atoms with Crippen molar-refractivity contribution in [2.75, 3.05) is 21.6 Å². The second-order valence-electron chi connectivity index (χ2n) is 6.47. The number of hydrogen-bond donors (Lipinski definition) is 1. The Morgan fingerprint density at radius 1 is 1.09 bits per heavy atom. The summed E-state index contributed by atoms with van der Waals surface area (Å²) in [5.41, 5.74) is 0.239. The number of rotatable bonds is 7. The van der Waals surface area contributed by atoms with Gasteiger partial charge >= 0.3 is 6.18 Å². The molecule has 176 valence electrons. The smallest absolute Gasteiger partial charge is 0.325 e. The average molecular weight is 556 g/mol. The summed E-state index contributed by atoms with van der Waals surface area (Å²) in [6, 6.07) is 13.2. The molecule has 1 atom stereocenters. The zero-order chi connectivity index (χ0) is 24.3. The minimum absolute atomic E-state index is 0.0430. The minimum atomic E-state index is -4.52. The van der Waals surface area contributed by atoms with Crippen molar-refractivity contribution in [2.45, 2.75) is 38.2 Å². The van der Waals surface area contributed by atoms with Crippen LogP contribution in [0, 0.1) is 0 Å². The van der Waals surface area contributed by atoms with Gasteiger partial charge in [-0.05, 0) is 36.6 Å². The van der Waals surface area contributed by atoms with Crippen LogP contribution in [0.15, 0.2) is 48.5 Å². The molecule has 0 bridgehead atoms. The van der Waals surface area contributed by atoms with Crippen molar-refractivity contribution >= 4 is 62.3 Å². The van der Waals surface area contributed by atoms with E-state index in [9.17, 15) is 22.8 Å². The van der Waals surface area contributed by atoms with E-state index < -0.39 is 23.0 Å². The molecule has 1 unspecified atom stereocenters. The third-order valence-corrected chi connectivity index (χ3v) is 5.53. The van der Waals surface area contributed by atoms with Crippen molar-refractivity contribution in [3.05, 3.63) is 59.7 Å². The third kappa shape index (κ3) is 8.30. The van der Waals surface area contributed by atoms with Crippen LogP contribution in [0.1, 0.15) is 31.4 Å². The zero-order valence-electron chi connectivity index (χ0n) is 17.6. The number of para-hydroxylation sites is 2. The van der Waals surface area contributed by atoms with Crippen LogP contribution >= 0.6 is 39.1 Å². The topological polar surface area (TPSA) is 49.4 Å². The summed E-state index contributed by atoms with van der Waals surface area (Å²) in [4.78, 5) is 24.0. The van der Waals surface area contributed by atoms with E-state index in [4.69, 9.17) is 23.2 Å².